The SMILES string of the molecule is c1cc(-c2ccc3c(ccc4cc(-c5ccc6ccccc6c5)ccc43)c2)c2c(c1)-c1cccc3c1c(cc1ccccc13)O2. The van der Waals surface area contributed by atoms with Crippen molar-refractivity contribution in [3.05, 3.63) is 158 Å². The summed E-state index contributed by atoms with van der Waals surface area (Å²) >= 11 is 0. The summed E-state index contributed by atoms with van der Waals surface area (Å²) in [5.41, 5.74) is 7.11. The Morgan fingerprint density at radius 1 is 0.311 bits per heavy atom. The fourth-order valence-electron chi connectivity index (χ4n) is 7.41. The first-order valence-corrected chi connectivity index (χ1v) is 15.5. The summed E-state index contributed by atoms with van der Waals surface area (Å²) in [7, 11) is 0. The van der Waals surface area contributed by atoms with E-state index in [0.717, 1.165) is 28.2 Å². The second-order valence-electron chi connectivity index (χ2n) is 12.1. The molecule has 9 aromatic carbocycles. The first kappa shape index (κ1) is 24.5. The summed E-state index contributed by atoms with van der Waals surface area (Å²) in [5.74, 6) is 1.85. The Morgan fingerprint density at radius 3 is 1.69 bits per heavy atom. The average Bonchev–Trinajstić information content (AvgIpc) is 3.11. The summed E-state index contributed by atoms with van der Waals surface area (Å²) in [5, 5.41) is 12.4. The lowest BCUT2D eigenvalue weighted by Crippen LogP contribution is -1.99. The first-order valence-electron chi connectivity index (χ1n) is 15.5. The van der Waals surface area contributed by atoms with Gasteiger partial charge in [0.15, 0.2) is 0 Å². The van der Waals surface area contributed by atoms with E-state index in [0.29, 0.717) is 0 Å². The molecular weight excluding hydrogens is 544 g/mol. The molecule has 9 aromatic rings. The molecule has 1 nitrogen and oxygen atoms in total. The molecule has 0 N–H and O–H groups in total. The first-order chi connectivity index (χ1) is 22.3. The third-order valence-electron chi connectivity index (χ3n) is 9.60. The van der Waals surface area contributed by atoms with Gasteiger partial charge >= 0.3 is 0 Å². The minimum Gasteiger partial charge on any atom is -0.455 e. The van der Waals surface area contributed by atoms with E-state index in [1.54, 1.807) is 0 Å². The standard InChI is InChI=1S/C44H26O/c1-2-8-28-23-29(16-15-27(28)7-1)30-19-21-36-32(24-30)17-18-33-25-34(20-22-37(33)36)38-11-5-14-41-40-13-6-12-39-35-10-4-3-9-31(35)26-42(43(39)40)45-44(38)41/h1-26H. The molecule has 45 heavy (non-hydrogen) atoms. The van der Waals surface area contributed by atoms with Crippen molar-refractivity contribution >= 4 is 53.9 Å². The summed E-state index contributed by atoms with van der Waals surface area (Å²) < 4.78 is 6.81. The minimum absolute atomic E-state index is 0.924. The van der Waals surface area contributed by atoms with E-state index < -0.39 is 0 Å². The van der Waals surface area contributed by atoms with Gasteiger partial charge in [-0.15, -0.1) is 0 Å². The Balaban J connectivity index is 1.09. The quantitative estimate of drug-likeness (QED) is 0.188. The predicted octanol–water partition coefficient (Wildman–Crippen LogP) is 12.6. The van der Waals surface area contributed by atoms with Gasteiger partial charge in [-0.2, -0.15) is 0 Å². The number of ether oxygens (including phenoxy) is 1. The minimum atomic E-state index is 0.924. The van der Waals surface area contributed by atoms with Gasteiger partial charge in [0.05, 0.1) is 0 Å². The van der Waals surface area contributed by atoms with Crippen LogP contribution in [0, 0.1) is 0 Å². The second kappa shape index (κ2) is 9.29. The topological polar surface area (TPSA) is 9.23 Å². The van der Waals surface area contributed by atoms with E-state index in [1.165, 1.54) is 70.6 Å². The molecule has 0 unspecified atom stereocenters. The largest absolute Gasteiger partial charge is 0.455 e. The highest BCUT2D eigenvalue weighted by Gasteiger charge is 2.24. The van der Waals surface area contributed by atoms with Crippen LogP contribution in [-0.4, -0.2) is 0 Å². The number of rotatable bonds is 2. The van der Waals surface area contributed by atoms with Gasteiger partial charge in [-0.25, -0.2) is 0 Å². The van der Waals surface area contributed by atoms with Gasteiger partial charge < -0.3 is 4.74 Å². The molecule has 0 bridgehead atoms. The Labute approximate surface area is 260 Å². The Kier molecular flexibility index (Phi) is 5.06. The van der Waals surface area contributed by atoms with Gasteiger partial charge in [-0.3, -0.25) is 0 Å². The number of para-hydroxylation sites is 1. The van der Waals surface area contributed by atoms with Crippen molar-refractivity contribution in [2.45, 2.75) is 0 Å². The molecule has 0 saturated carbocycles. The third-order valence-corrected chi connectivity index (χ3v) is 9.60. The van der Waals surface area contributed by atoms with Crippen LogP contribution in [-0.2, 0) is 0 Å². The maximum atomic E-state index is 6.81. The monoisotopic (exact) mass is 570 g/mol. The molecule has 208 valence electrons. The van der Waals surface area contributed by atoms with E-state index in [4.69, 9.17) is 4.74 Å². The number of benzene rings is 9. The molecular formula is C44H26O. The molecule has 0 spiro atoms. The highest BCUT2D eigenvalue weighted by molar-refractivity contribution is 6.17. The van der Waals surface area contributed by atoms with Crippen molar-refractivity contribution in [1.29, 1.82) is 0 Å². The predicted molar refractivity (Wildman–Crippen MR) is 190 cm³/mol. The lowest BCUT2D eigenvalue weighted by molar-refractivity contribution is 0.489. The van der Waals surface area contributed by atoms with E-state index in [2.05, 4.69) is 158 Å². The van der Waals surface area contributed by atoms with Crippen LogP contribution in [0.3, 0.4) is 0 Å². The second-order valence-corrected chi connectivity index (χ2v) is 12.1. The highest BCUT2D eigenvalue weighted by Crippen LogP contribution is 2.51. The van der Waals surface area contributed by atoms with E-state index in [-0.39, 0.29) is 0 Å². The maximum absolute atomic E-state index is 6.81. The summed E-state index contributed by atoms with van der Waals surface area (Å²) in [6.45, 7) is 0. The zero-order valence-electron chi connectivity index (χ0n) is 24.4. The van der Waals surface area contributed by atoms with Crippen molar-refractivity contribution in [3.63, 3.8) is 0 Å². The van der Waals surface area contributed by atoms with Crippen LogP contribution in [0.2, 0.25) is 0 Å². The molecule has 0 radical (unpaired) electrons. The van der Waals surface area contributed by atoms with Gasteiger partial charge in [0.1, 0.15) is 11.5 Å². The van der Waals surface area contributed by atoms with Crippen LogP contribution in [0.15, 0.2) is 158 Å². The molecule has 0 atom stereocenters. The molecule has 1 aliphatic rings. The Morgan fingerprint density at radius 2 is 0.844 bits per heavy atom. The van der Waals surface area contributed by atoms with Gasteiger partial charge in [0.25, 0.3) is 0 Å². The molecule has 0 aromatic heterocycles. The van der Waals surface area contributed by atoms with Gasteiger partial charge in [-0.1, -0.05) is 133 Å². The van der Waals surface area contributed by atoms with Gasteiger partial charge in [-0.05, 0) is 95.0 Å². The maximum Gasteiger partial charge on any atom is 0.143 e. The number of fused-ring (bicyclic) bond motifs is 8. The van der Waals surface area contributed by atoms with Crippen LogP contribution in [0.5, 0.6) is 11.5 Å². The zero-order chi connectivity index (χ0) is 29.5. The molecule has 10 rings (SSSR count). The summed E-state index contributed by atoms with van der Waals surface area (Å²) in [6, 6.07) is 57.3. The fourth-order valence-corrected chi connectivity index (χ4v) is 7.41. The lowest BCUT2D eigenvalue weighted by Gasteiger charge is -2.24. The van der Waals surface area contributed by atoms with Gasteiger partial charge in [0.2, 0.25) is 0 Å². The Bertz CT molecular complexity index is 2680. The number of hydrogen-bond donors (Lipinski definition) is 0. The fraction of sp³-hybridized carbons (Fsp3) is 0. The van der Waals surface area contributed by atoms with Crippen LogP contribution in [0.25, 0.3) is 87.2 Å². The van der Waals surface area contributed by atoms with E-state index in [1.807, 2.05) is 0 Å². The van der Waals surface area contributed by atoms with E-state index in [9.17, 15) is 0 Å². The molecule has 0 aliphatic carbocycles. The van der Waals surface area contributed by atoms with Crippen molar-refractivity contribution < 1.29 is 4.74 Å². The normalized spacial score (nSPS) is 12.2. The van der Waals surface area contributed by atoms with Gasteiger partial charge in [0, 0.05) is 16.5 Å². The number of hydrogen-bond acceptors (Lipinski definition) is 1. The van der Waals surface area contributed by atoms with Crippen molar-refractivity contribution in [1.82, 2.24) is 0 Å². The summed E-state index contributed by atoms with van der Waals surface area (Å²) in [6.07, 6.45) is 0. The van der Waals surface area contributed by atoms with Crippen LogP contribution in [0.4, 0.5) is 0 Å². The highest BCUT2D eigenvalue weighted by atomic mass is 16.5. The van der Waals surface area contributed by atoms with Crippen LogP contribution < -0.4 is 4.74 Å². The van der Waals surface area contributed by atoms with Crippen LogP contribution in [0.1, 0.15) is 0 Å². The molecule has 1 heterocycles. The van der Waals surface area contributed by atoms with Crippen molar-refractivity contribution in [2.24, 2.45) is 0 Å². The molecule has 1 aliphatic heterocycles. The molecule has 0 fully saturated rings. The van der Waals surface area contributed by atoms with Crippen molar-refractivity contribution in [3.8, 4) is 44.9 Å². The van der Waals surface area contributed by atoms with Crippen LogP contribution >= 0.6 is 0 Å². The Hall–Kier alpha value is -5.92. The van der Waals surface area contributed by atoms with Crippen molar-refractivity contribution in [2.75, 3.05) is 0 Å². The third kappa shape index (κ3) is 3.68. The molecule has 0 amide bonds. The lowest BCUT2D eigenvalue weighted by atomic mass is 9.89. The summed E-state index contributed by atoms with van der Waals surface area (Å²) in [4.78, 5) is 0. The molecule has 0 saturated heterocycles. The average molecular weight is 571 g/mol. The smallest absolute Gasteiger partial charge is 0.143 e. The molecule has 1 heteroatoms. The zero-order valence-corrected chi connectivity index (χ0v) is 24.4. The van der Waals surface area contributed by atoms with E-state index >= 15 is 0 Å².